The van der Waals surface area contributed by atoms with E-state index in [1.165, 1.54) is 24.9 Å². The van der Waals surface area contributed by atoms with E-state index >= 15 is 0 Å². The summed E-state index contributed by atoms with van der Waals surface area (Å²) in [5, 5.41) is 2.76. The first-order valence-corrected chi connectivity index (χ1v) is 8.63. The molecule has 2 aromatic rings. The van der Waals surface area contributed by atoms with Gasteiger partial charge in [0.1, 0.15) is 0 Å². The third-order valence-corrected chi connectivity index (χ3v) is 4.58. The van der Waals surface area contributed by atoms with Crippen LogP contribution in [0.2, 0.25) is 5.15 Å². The molecule has 1 amide bonds. The van der Waals surface area contributed by atoms with Gasteiger partial charge in [-0.25, -0.2) is 4.98 Å². The number of esters is 1. The minimum Gasteiger partial charge on any atom is -0.452 e. The van der Waals surface area contributed by atoms with Crippen molar-refractivity contribution >= 4 is 40.9 Å². The normalized spacial score (nSPS) is 11.6. The van der Waals surface area contributed by atoms with E-state index in [1.807, 2.05) is 31.2 Å². The van der Waals surface area contributed by atoms with E-state index < -0.39 is 18.0 Å². The van der Waals surface area contributed by atoms with Gasteiger partial charge in [-0.05, 0) is 37.6 Å². The Balaban J connectivity index is 1.84. The Morgan fingerprint density at radius 2 is 2.04 bits per heavy atom. The molecule has 126 valence electrons. The van der Waals surface area contributed by atoms with Gasteiger partial charge in [0.15, 0.2) is 11.3 Å². The van der Waals surface area contributed by atoms with Gasteiger partial charge in [0, 0.05) is 11.1 Å². The van der Waals surface area contributed by atoms with Crippen molar-refractivity contribution in [2.45, 2.75) is 24.8 Å². The molecule has 0 spiro atoms. The zero-order chi connectivity index (χ0) is 17.5. The van der Waals surface area contributed by atoms with Gasteiger partial charge in [0.05, 0.1) is 11.4 Å². The maximum atomic E-state index is 12.0. The minimum atomic E-state index is -0.925. The number of ether oxygens (including phenoxy) is 1. The SMILES string of the molecule is Cc1ccccc1SCC(=O)O[C@H](C)C(=O)Nc1cccnc1Cl. The number of rotatable bonds is 6. The molecule has 7 heteroatoms. The Labute approximate surface area is 149 Å². The largest absolute Gasteiger partial charge is 0.452 e. The van der Waals surface area contributed by atoms with E-state index in [2.05, 4.69) is 10.3 Å². The van der Waals surface area contributed by atoms with Crippen LogP contribution in [0.3, 0.4) is 0 Å². The van der Waals surface area contributed by atoms with Crippen LogP contribution in [0.1, 0.15) is 12.5 Å². The van der Waals surface area contributed by atoms with Crippen LogP contribution in [-0.2, 0) is 14.3 Å². The van der Waals surface area contributed by atoms with Gasteiger partial charge in [-0.3, -0.25) is 9.59 Å². The zero-order valence-electron chi connectivity index (χ0n) is 13.3. The predicted octanol–water partition coefficient (Wildman–Crippen LogP) is 3.71. The Morgan fingerprint density at radius 1 is 1.29 bits per heavy atom. The highest BCUT2D eigenvalue weighted by Gasteiger charge is 2.19. The molecule has 1 aromatic carbocycles. The molecule has 0 saturated carbocycles. The van der Waals surface area contributed by atoms with E-state index in [0.29, 0.717) is 5.69 Å². The van der Waals surface area contributed by atoms with Gasteiger partial charge in [-0.2, -0.15) is 0 Å². The number of aryl methyl sites for hydroxylation is 1. The Morgan fingerprint density at radius 3 is 2.75 bits per heavy atom. The number of halogens is 1. The first-order chi connectivity index (χ1) is 11.5. The quantitative estimate of drug-likeness (QED) is 0.481. The van der Waals surface area contributed by atoms with Crippen molar-refractivity contribution in [1.29, 1.82) is 0 Å². The average Bonchev–Trinajstić information content (AvgIpc) is 2.56. The standard InChI is InChI=1S/C17H17ClN2O3S/c1-11-6-3-4-8-14(11)24-10-15(21)23-12(2)17(22)20-13-7-5-9-19-16(13)18/h3-9,12H,10H2,1-2H3,(H,20,22)/t12-/m1/s1. The Bertz CT molecular complexity index is 739. The number of nitrogens with one attached hydrogen (secondary N) is 1. The van der Waals surface area contributed by atoms with Crippen molar-refractivity contribution in [2.75, 3.05) is 11.1 Å². The molecule has 0 aliphatic carbocycles. The summed E-state index contributed by atoms with van der Waals surface area (Å²) in [6.45, 7) is 3.48. The summed E-state index contributed by atoms with van der Waals surface area (Å²) in [6.07, 6.45) is 0.593. The molecule has 1 aromatic heterocycles. The third kappa shape index (κ3) is 5.25. The number of thioether (sulfide) groups is 1. The van der Waals surface area contributed by atoms with Crippen molar-refractivity contribution < 1.29 is 14.3 Å². The maximum Gasteiger partial charge on any atom is 0.317 e. The topological polar surface area (TPSA) is 68.3 Å². The second kappa shape index (κ2) is 8.70. The van der Waals surface area contributed by atoms with Crippen LogP contribution < -0.4 is 5.32 Å². The molecule has 0 aliphatic heterocycles. The highest BCUT2D eigenvalue weighted by Crippen LogP contribution is 2.22. The van der Waals surface area contributed by atoms with Crippen LogP contribution in [-0.4, -0.2) is 28.7 Å². The molecule has 5 nitrogen and oxygen atoms in total. The van der Waals surface area contributed by atoms with E-state index in [9.17, 15) is 9.59 Å². The molecule has 1 N–H and O–H groups in total. The molecule has 0 radical (unpaired) electrons. The van der Waals surface area contributed by atoms with Crippen molar-refractivity contribution in [3.05, 3.63) is 53.3 Å². The second-order valence-electron chi connectivity index (χ2n) is 5.02. The Hall–Kier alpha value is -2.05. The molecular formula is C17H17ClN2O3S. The molecule has 0 aliphatic rings. The summed E-state index contributed by atoms with van der Waals surface area (Å²) in [6, 6.07) is 11.0. The van der Waals surface area contributed by atoms with Crippen LogP contribution >= 0.6 is 23.4 Å². The number of hydrogen-bond acceptors (Lipinski definition) is 5. The van der Waals surface area contributed by atoms with Gasteiger partial charge in [-0.15, -0.1) is 11.8 Å². The van der Waals surface area contributed by atoms with Crippen molar-refractivity contribution in [3.63, 3.8) is 0 Å². The van der Waals surface area contributed by atoms with Crippen molar-refractivity contribution in [1.82, 2.24) is 4.98 Å². The summed E-state index contributed by atoms with van der Waals surface area (Å²) in [5.41, 5.74) is 1.47. The monoisotopic (exact) mass is 364 g/mol. The lowest BCUT2D eigenvalue weighted by molar-refractivity contribution is -0.150. The number of anilines is 1. The van der Waals surface area contributed by atoms with E-state index in [-0.39, 0.29) is 10.9 Å². The smallest absolute Gasteiger partial charge is 0.317 e. The van der Waals surface area contributed by atoms with Crippen molar-refractivity contribution in [2.24, 2.45) is 0 Å². The molecule has 2 rings (SSSR count). The molecule has 1 atom stereocenters. The number of pyridine rings is 1. The molecule has 1 heterocycles. The summed E-state index contributed by atoms with van der Waals surface area (Å²) >= 11 is 7.25. The number of carbonyl (C=O) groups is 2. The molecular weight excluding hydrogens is 348 g/mol. The van der Waals surface area contributed by atoms with Crippen LogP contribution in [0.15, 0.2) is 47.5 Å². The lowest BCUT2D eigenvalue weighted by atomic mass is 10.2. The van der Waals surface area contributed by atoms with Gasteiger partial charge >= 0.3 is 5.97 Å². The first-order valence-electron chi connectivity index (χ1n) is 7.26. The van der Waals surface area contributed by atoms with E-state index in [4.69, 9.17) is 16.3 Å². The van der Waals surface area contributed by atoms with E-state index in [1.54, 1.807) is 12.1 Å². The van der Waals surface area contributed by atoms with Gasteiger partial charge in [-0.1, -0.05) is 29.8 Å². The number of hydrogen-bond donors (Lipinski definition) is 1. The van der Waals surface area contributed by atoms with Gasteiger partial charge < -0.3 is 10.1 Å². The fourth-order valence-electron chi connectivity index (χ4n) is 1.85. The summed E-state index contributed by atoms with van der Waals surface area (Å²) < 4.78 is 5.15. The lowest BCUT2D eigenvalue weighted by Crippen LogP contribution is -2.30. The fraction of sp³-hybridized carbons (Fsp3) is 0.235. The average molecular weight is 365 g/mol. The molecule has 0 unspecified atom stereocenters. The van der Waals surface area contributed by atoms with Gasteiger partial charge in [0.2, 0.25) is 0 Å². The van der Waals surface area contributed by atoms with Crippen LogP contribution in [0, 0.1) is 6.92 Å². The third-order valence-electron chi connectivity index (χ3n) is 3.13. The number of nitrogens with zero attached hydrogens (tertiary/aromatic N) is 1. The van der Waals surface area contributed by atoms with Crippen LogP contribution in [0.4, 0.5) is 5.69 Å². The summed E-state index contributed by atoms with van der Waals surface area (Å²) in [7, 11) is 0. The first kappa shape index (κ1) is 18.3. The van der Waals surface area contributed by atoms with Crippen molar-refractivity contribution in [3.8, 4) is 0 Å². The summed E-state index contributed by atoms with van der Waals surface area (Å²) in [4.78, 5) is 28.8. The summed E-state index contributed by atoms with van der Waals surface area (Å²) in [5.74, 6) is -0.779. The Kier molecular flexibility index (Phi) is 6.63. The number of amides is 1. The highest BCUT2D eigenvalue weighted by atomic mass is 35.5. The fourth-order valence-corrected chi connectivity index (χ4v) is 2.83. The molecule has 0 saturated heterocycles. The van der Waals surface area contributed by atoms with Crippen LogP contribution in [0.25, 0.3) is 0 Å². The van der Waals surface area contributed by atoms with Crippen LogP contribution in [0.5, 0.6) is 0 Å². The molecule has 0 bridgehead atoms. The minimum absolute atomic E-state index is 0.135. The highest BCUT2D eigenvalue weighted by molar-refractivity contribution is 8.00. The maximum absolute atomic E-state index is 12.0. The number of aromatic nitrogens is 1. The molecule has 0 fully saturated rings. The number of carbonyl (C=O) groups excluding carboxylic acids is 2. The predicted molar refractivity (Wildman–Crippen MR) is 95.3 cm³/mol. The number of benzene rings is 1. The zero-order valence-corrected chi connectivity index (χ0v) is 14.9. The van der Waals surface area contributed by atoms with E-state index in [0.717, 1.165) is 10.5 Å². The lowest BCUT2D eigenvalue weighted by Gasteiger charge is -2.14. The molecule has 24 heavy (non-hydrogen) atoms. The van der Waals surface area contributed by atoms with Gasteiger partial charge in [0.25, 0.3) is 5.91 Å². The second-order valence-corrected chi connectivity index (χ2v) is 6.39.